The van der Waals surface area contributed by atoms with E-state index in [0.717, 1.165) is 12.2 Å². The molecule has 2 rings (SSSR count). The number of anilines is 1. The fourth-order valence-electron chi connectivity index (χ4n) is 2.19. The van der Waals surface area contributed by atoms with Crippen LogP contribution in [0.3, 0.4) is 0 Å². The first kappa shape index (κ1) is 14.4. The number of ether oxygens (including phenoxy) is 1. The Bertz CT molecular complexity index is 533. The average molecular weight is 269 g/mol. The zero-order chi connectivity index (χ0) is 14.5. The standard InChI is InChI=1S/C18H23NO/c1-14(2)11-16-9-10-20-18(13-16)12-15-5-7-17(8-6-15)19(3)4/h5-12,14H,13H2,1-4H3. The van der Waals surface area contributed by atoms with Gasteiger partial charge in [-0.25, -0.2) is 0 Å². The monoisotopic (exact) mass is 269 g/mol. The van der Waals surface area contributed by atoms with Crippen LogP contribution in [0, 0.1) is 5.92 Å². The van der Waals surface area contributed by atoms with E-state index in [2.05, 4.69) is 55.2 Å². The van der Waals surface area contributed by atoms with Crippen LogP contribution in [-0.2, 0) is 4.74 Å². The predicted molar refractivity (Wildman–Crippen MR) is 86.5 cm³/mol. The highest BCUT2D eigenvalue weighted by Crippen LogP contribution is 2.24. The van der Waals surface area contributed by atoms with Crippen LogP contribution in [-0.4, -0.2) is 14.1 Å². The Morgan fingerprint density at radius 2 is 1.85 bits per heavy atom. The Hall–Kier alpha value is -1.96. The molecule has 0 N–H and O–H groups in total. The van der Waals surface area contributed by atoms with Crippen LogP contribution in [0.4, 0.5) is 5.69 Å². The number of rotatable bonds is 3. The van der Waals surface area contributed by atoms with E-state index in [1.165, 1.54) is 16.8 Å². The van der Waals surface area contributed by atoms with E-state index in [0.29, 0.717) is 5.92 Å². The quantitative estimate of drug-likeness (QED) is 0.794. The second-order valence-electron chi connectivity index (χ2n) is 5.68. The molecule has 0 fully saturated rings. The van der Waals surface area contributed by atoms with Gasteiger partial charge in [-0.2, -0.15) is 0 Å². The maximum atomic E-state index is 5.60. The summed E-state index contributed by atoms with van der Waals surface area (Å²) < 4.78 is 5.60. The molecule has 0 atom stereocenters. The third kappa shape index (κ3) is 4.02. The number of hydrogen-bond donors (Lipinski definition) is 0. The molecule has 1 heterocycles. The summed E-state index contributed by atoms with van der Waals surface area (Å²) in [6.45, 7) is 4.39. The molecule has 0 unspecified atom stereocenters. The van der Waals surface area contributed by atoms with Gasteiger partial charge in [-0.3, -0.25) is 0 Å². The molecule has 0 radical (unpaired) electrons. The molecular formula is C18H23NO. The van der Waals surface area contributed by atoms with E-state index in [9.17, 15) is 0 Å². The molecule has 1 aliphatic rings. The second kappa shape index (κ2) is 6.47. The summed E-state index contributed by atoms with van der Waals surface area (Å²) in [6.07, 6.45) is 9.08. The van der Waals surface area contributed by atoms with Crippen molar-refractivity contribution >= 4 is 11.8 Å². The first-order valence-corrected chi connectivity index (χ1v) is 7.06. The van der Waals surface area contributed by atoms with Gasteiger partial charge in [-0.05, 0) is 41.3 Å². The lowest BCUT2D eigenvalue weighted by atomic mass is 10.0. The van der Waals surface area contributed by atoms with E-state index in [4.69, 9.17) is 4.74 Å². The van der Waals surface area contributed by atoms with Crippen LogP contribution in [0.25, 0.3) is 6.08 Å². The minimum atomic E-state index is 0.563. The summed E-state index contributed by atoms with van der Waals surface area (Å²) >= 11 is 0. The van der Waals surface area contributed by atoms with Gasteiger partial charge in [0.2, 0.25) is 0 Å². The molecule has 2 nitrogen and oxygen atoms in total. The van der Waals surface area contributed by atoms with Gasteiger partial charge in [-0.15, -0.1) is 0 Å². The van der Waals surface area contributed by atoms with E-state index in [1.807, 2.05) is 20.2 Å². The number of benzene rings is 1. The highest BCUT2D eigenvalue weighted by molar-refractivity contribution is 5.57. The van der Waals surface area contributed by atoms with E-state index < -0.39 is 0 Å². The smallest absolute Gasteiger partial charge is 0.108 e. The van der Waals surface area contributed by atoms with Gasteiger partial charge >= 0.3 is 0 Å². The van der Waals surface area contributed by atoms with Crippen molar-refractivity contribution in [2.75, 3.05) is 19.0 Å². The molecule has 1 aromatic rings. The number of nitrogens with zero attached hydrogens (tertiary/aromatic N) is 1. The van der Waals surface area contributed by atoms with Gasteiger partial charge in [-0.1, -0.05) is 32.1 Å². The summed E-state index contributed by atoms with van der Waals surface area (Å²) in [6, 6.07) is 8.48. The zero-order valence-corrected chi connectivity index (χ0v) is 12.8. The van der Waals surface area contributed by atoms with Crippen molar-refractivity contribution in [3.63, 3.8) is 0 Å². The lowest BCUT2D eigenvalue weighted by Crippen LogP contribution is -2.07. The van der Waals surface area contributed by atoms with E-state index >= 15 is 0 Å². The fraction of sp³-hybridized carbons (Fsp3) is 0.333. The molecule has 106 valence electrons. The van der Waals surface area contributed by atoms with Crippen LogP contribution in [0.5, 0.6) is 0 Å². The van der Waals surface area contributed by atoms with Crippen molar-refractivity contribution in [2.45, 2.75) is 20.3 Å². The Labute approximate surface area is 122 Å². The highest BCUT2D eigenvalue weighted by atomic mass is 16.5. The molecule has 1 aliphatic heterocycles. The number of allylic oxidation sites excluding steroid dienone is 3. The van der Waals surface area contributed by atoms with Crippen molar-refractivity contribution in [2.24, 2.45) is 5.92 Å². The Kier molecular flexibility index (Phi) is 4.67. The van der Waals surface area contributed by atoms with Gasteiger partial charge in [0.15, 0.2) is 0 Å². The van der Waals surface area contributed by atoms with Crippen molar-refractivity contribution in [1.29, 1.82) is 0 Å². The van der Waals surface area contributed by atoms with Gasteiger partial charge in [0.05, 0.1) is 6.26 Å². The van der Waals surface area contributed by atoms with E-state index in [1.54, 1.807) is 6.26 Å². The van der Waals surface area contributed by atoms with Gasteiger partial charge < -0.3 is 9.64 Å². The zero-order valence-electron chi connectivity index (χ0n) is 12.8. The first-order chi connectivity index (χ1) is 9.54. The summed E-state index contributed by atoms with van der Waals surface area (Å²) in [5.41, 5.74) is 3.70. The highest BCUT2D eigenvalue weighted by Gasteiger charge is 2.07. The molecule has 0 aromatic heterocycles. The molecule has 20 heavy (non-hydrogen) atoms. The molecule has 0 amide bonds. The molecule has 0 saturated heterocycles. The van der Waals surface area contributed by atoms with E-state index in [-0.39, 0.29) is 0 Å². The van der Waals surface area contributed by atoms with Crippen LogP contribution >= 0.6 is 0 Å². The molecular weight excluding hydrogens is 246 g/mol. The lowest BCUT2D eigenvalue weighted by Gasteiger charge is -2.15. The minimum Gasteiger partial charge on any atom is -0.469 e. The van der Waals surface area contributed by atoms with Crippen LogP contribution in [0.15, 0.2) is 54.0 Å². The van der Waals surface area contributed by atoms with Crippen LogP contribution in [0.1, 0.15) is 25.8 Å². The van der Waals surface area contributed by atoms with Crippen LogP contribution in [0.2, 0.25) is 0 Å². The number of hydrogen-bond acceptors (Lipinski definition) is 2. The molecule has 1 aromatic carbocycles. The maximum absolute atomic E-state index is 5.60. The van der Waals surface area contributed by atoms with Crippen molar-refractivity contribution in [3.05, 3.63) is 59.6 Å². The Balaban J connectivity index is 2.13. The van der Waals surface area contributed by atoms with Crippen LogP contribution < -0.4 is 4.90 Å². The SMILES string of the molecule is CC(C)C=C1C=COC(=Cc2ccc(N(C)C)cc2)C1. The molecule has 0 saturated carbocycles. The fourth-order valence-corrected chi connectivity index (χ4v) is 2.19. The summed E-state index contributed by atoms with van der Waals surface area (Å²) in [5, 5.41) is 0. The Morgan fingerprint density at radius 3 is 2.45 bits per heavy atom. The topological polar surface area (TPSA) is 12.5 Å². The minimum absolute atomic E-state index is 0.563. The largest absolute Gasteiger partial charge is 0.469 e. The van der Waals surface area contributed by atoms with Crippen molar-refractivity contribution in [1.82, 2.24) is 0 Å². The maximum Gasteiger partial charge on any atom is 0.108 e. The first-order valence-electron chi connectivity index (χ1n) is 7.06. The average Bonchev–Trinajstić information content (AvgIpc) is 2.39. The van der Waals surface area contributed by atoms with Gasteiger partial charge in [0, 0.05) is 26.2 Å². The van der Waals surface area contributed by atoms with Crippen molar-refractivity contribution < 1.29 is 4.74 Å². The summed E-state index contributed by atoms with van der Waals surface area (Å²) in [7, 11) is 4.09. The summed E-state index contributed by atoms with van der Waals surface area (Å²) in [4.78, 5) is 2.10. The molecule has 2 heteroatoms. The lowest BCUT2D eigenvalue weighted by molar-refractivity contribution is 0.336. The van der Waals surface area contributed by atoms with Gasteiger partial charge in [0.25, 0.3) is 0 Å². The third-order valence-corrected chi connectivity index (χ3v) is 3.16. The molecule has 0 aliphatic carbocycles. The van der Waals surface area contributed by atoms with Crippen molar-refractivity contribution in [3.8, 4) is 0 Å². The van der Waals surface area contributed by atoms with Gasteiger partial charge in [0.1, 0.15) is 5.76 Å². The molecule has 0 bridgehead atoms. The predicted octanol–water partition coefficient (Wildman–Crippen LogP) is 4.61. The third-order valence-electron chi connectivity index (χ3n) is 3.16. The summed E-state index contributed by atoms with van der Waals surface area (Å²) in [5.74, 6) is 1.56. The second-order valence-corrected chi connectivity index (χ2v) is 5.68. The Morgan fingerprint density at radius 1 is 1.15 bits per heavy atom. The normalized spacial score (nSPS) is 18.6. The molecule has 0 spiro atoms.